The number of Topliss-reactive ketones (excluding diaryl/α,β-unsaturated/α-hetero) is 1. The second-order valence-corrected chi connectivity index (χ2v) is 2.46. The van der Waals surface area contributed by atoms with E-state index in [9.17, 15) is 4.79 Å². The molecule has 11 heavy (non-hydrogen) atoms. The third kappa shape index (κ3) is 1.68. The molecule has 1 atom stereocenters. The summed E-state index contributed by atoms with van der Waals surface area (Å²) in [6.07, 6.45) is 2.40. The summed E-state index contributed by atoms with van der Waals surface area (Å²) in [5.41, 5.74) is 6.13. The van der Waals surface area contributed by atoms with Gasteiger partial charge in [-0.1, -0.05) is 6.92 Å². The molecule has 0 aliphatic heterocycles. The molecular formula is C8H12N2O. The summed E-state index contributed by atoms with van der Waals surface area (Å²) in [5.74, 6) is -0.0162. The number of H-pyrrole nitrogens is 1. The van der Waals surface area contributed by atoms with Crippen LogP contribution in [0.2, 0.25) is 0 Å². The van der Waals surface area contributed by atoms with Gasteiger partial charge in [-0.15, -0.1) is 0 Å². The molecule has 1 heterocycles. The molecule has 60 valence electrons. The summed E-state index contributed by atoms with van der Waals surface area (Å²) in [6.45, 7) is 1.89. The molecule has 0 radical (unpaired) electrons. The molecule has 0 spiro atoms. The zero-order valence-corrected chi connectivity index (χ0v) is 6.50. The molecule has 0 amide bonds. The van der Waals surface area contributed by atoms with Crippen molar-refractivity contribution in [1.82, 2.24) is 4.98 Å². The van der Waals surface area contributed by atoms with E-state index in [-0.39, 0.29) is 11.8 Å². The smallest absolute Gasteiger partial charge is 0.195 e. The second-order valence-electron chi connectivity index (χ2n) is 2.46. The average Bonchev–Trinajstić information content (AvgIpc) is 2.53. The molecule has 3 nitrogen and oxygen atoms in total. The van der Waals surface area contributed by atoms with Gasteiger partial charge in [0, 0.05) is 6.20 Å². The first-order chi connectivity index (χ1) is 5.25. The number of nitrogens with one attached hydrogen (secondary N) is 1. The minimum Gasteiger partial charge on any atom is -0.359 e. The fourth-order valence-corrected chi connectivity index (χ4v) is 0.869. The fourth-order valence-electron chi connectivity index (χ4n) is 0.869. The Morgan fingerprint density at radius 1 is 1.82 bits per heavy atom. The van der Waals surface area contributed by atoms with Crippen LogP contribution in [-0.2, 0) is 0 Å². The van der Waals surface area contributed by atoms with Gasteiger partial charge in [0.2, 0.25) is 0 Å². The van der Waals surface area contributed by atoms with Gasteiger partial charge in [-0.05, 0) is 18.6 Å². The normalized spacial score (nSPS) is 12.9. The Morgan fingerprint density at radius 3 is 3.00 bits per heavy atom. The van der Waals surface area contributed by atoms with E-state index in [0.29, 0.717) is 12.1 Å². The molecule has 0 saturated carbocycles. The SMILES string of the molecule is CCC(N)C(=O)c1ccc[nH]1. The first-order valence-corrected chi connectivity index (χ1v) is 3.69. The van der Waals surface area contributed by atoms with E-state index in [1.165, 1.54) is 0 Å². The van der Waals surface area contributed by atoms with Crippen molar-refractivity contribution in [1.29, 1.82) is 0 Å². The number of carbonyl (C=O) groups is 1. The summed E-state index contributed by atoms with van der Waals surface area (Å²) < 4.78 is 0. The van der Waals surface area contributed by atoms with E-state index in [1.807, 2.05) is 6.92 Å². The molecule has 1 aromatic rings. The number of hydrogen-bond donors (Lipinski definition) is 2. The van der Waals surface area contributed by atoms with E-state index >= 15 is 0 Å². The first kappa shape index (κ1) is 8.01. The quantitative estimate of drug-likeness (QED) is 0.633. The van der Waals surface area contributed by atoms with Crippen molar-refractivity contribution in [3.05, 3.63) is 24.0 Å². The van der Waals surface area contributed by atoms with Gasteiger partial charge < -0.3 is 10.7 Å². The third-order valence-corrected chi connectivity index (χ3v) is 1.64. The van der Waals surface area contributed by atoms with Crippen LogP contribution in [0.1, 0.15) is 23.8 Å². The van der Waals surface area contributed by atoms with Gasteiger partial charge in [0.1, 0.15) is 0 Å². The highest BCUT2D eigenvalue weighted by molar-refractivity contribution is 5.98. The molecule has 0 aliphatic rings. The van der Waals surface area contributed by atoms with E-state index in [0.717, 1.165) is 0 Å². The lowest BCUT2D eigenvalue weighted by molar-refractivity contribution is 0.0955. The minimum absolute atomic E-state index is 0.0162. The number of nitrogens with two attached hydrogens (primary N) is 1. The topological polar surface area (TPSA) is 58.9 Å². The average molecular weight is 152 g/mol. The molecule has 3 heteroatoms. The van der Waals surface area contributed by atoms with Gasteiger partial charge in [0.05, 0.1) is 11.7 Å². The summed E-state index contributed by atoms with van der Waals surface area (Å²) >= 11 is 0. The van der Waals surface area contributed by atoms with Crippen LogP contribution in [0.4, 0.5) is 0 Å². The fraction of sp³-hybridized carbons (Fsp3) is 0.375. The lowest BCUT2D eigenvalue weighted by atomic mass is 10.1. The number of carbonyl (C=O) groups excluding carboxylic acids is 1. The van der Waals surface area contributed by atoms with Crippen molar-refractivity contribution in [3.63, 3.8) is 0 Å². The standard InChI is InChI=1S/C8H12N2O/c1-2-6(9)8(11)7-4-3-5-10-7/h3-6,10H,2,9H2,1H3. The molecule has 3 N–H and O–H groups in total. The van der Waals surface area contributed by atoms with Gasteiger partial charge in [-0.3, -0.25) is 4.79 Å². The number of ketones is 1. The van der Waals surface area contributed by atoms with Crippen LogP contribution < -0.4 is 5.73 Å². The Bertz CT molecular complexity index is 228. The Labute approximate surface area is 65.6 Å². The van der Waals surface area contributed by atoms with Gasteiger partial charge >= 0.3 is 0 Å². The molecular weight excluding hydrogens is 140 g/mol. The minimum atomic E-state index is -0.367. The maximum Gasteiger partial charge on any atom is 0.195 e. The predicted molar refractivity (Wildman–Crippen MR) is 43.4 cm³/mol. The summed E-state index contributed by atoms with van der Waals surface area (Å²) in [4.78, 5) is 14.1. The van der Waals surface area contributed by atoms with Gasteiger partial charge in [0.25, 0.3) is 0 Å². The second kappa shape index (κ2) is 3.34. The highest BCUT2D eigenvalue weighted by Gasteiger charge is 2.13. The zero-order valence-electron chi connectivity index (χ0n) is 6.50. The van der Waals surface area contributed by atoms with Crippen LogP contribution >= 0.6 is 0 Å². The molecule has 0 bridgehead atoms. The predicted octanol–water partition coefficient (Wildman–Crippen LogP) is 0.935. The van der Waals surface area contributed by atoms with E-state index < -0.39 is 0 Å². The summed E-state index contributed by atoms with van der Waals surface area (Å²) in [5, 5.41) is 0. The van der Waals surface area contributed by atoms with E-state index in [4.69, 9.17) is 5.73 Å². The molecule has 0 fully saturated rings. The molecule has 1 aromatic heterocycles. The third-order valence-electron chi connectivity index (χ3n) is 1.64. The van der Waals surface area contributed by atoms with Crippen molar-refractivity contribution in [3.8, 4) is 0 Å². The van der Waals surface area contributed by atoms with Crippen LogP contribution in [-0.4, -0.2) is 16.8 Å². The van der Waals surface area contributed by atoms with Gasteiger partial charge in [-0.2, -0.15) is 0 Å². The lowest BCUT2D eigenvalue weighted by Gasteiger charge is -2.04. The Balaban J connectivity index is 2.70. The van der Waals surface area contributed by atoms with Crippen LogP contribution in [0.15, 0.2) is 18.3 Å². The Kier molecular flexibility index (Phi) is 2.44. The van der Waals surface area contributed by atoms with Crippen LogP contribution in [0, 0.1) is 0 Å². The van der Waals surface area contributed by atoms with Crippen LogP contribution in [0.25, 0.3) is 0 Å². The van der Waals surface area contributed by atoms with Crippen molar-refractivity contribution in [2.45, 2.75) is 19.4 Å². The maximum absolute atomic E-state index is 11.3. The highest BCUT2D eigenvalue weighted by Crippen LogP contribution is 2.00. The molecule has 0 saturated heterocycles. The van der Waals surface area contributed by atoms with Crippen molar-refractivity contribution < 1.29 is 4.79 Å². The maximum atomic E-state index is 11.3. The Hall–Kier alpha value is -1.09. The van der Waals surface area contributed by atoms with Crippen molar-refractivity contribution >= 4 is 5.78 Å². The lowest BCUT2D eigenvalue weighted by Crippen LogP contribution is -2.29. The Morgan fingerprint density at radius 2 is 2.55 bits per heavy atom. The van der Waals surface area contributed by atoms with E-state index in [1.54, 1.807) is 18.3 Å². The number of hydrogen-bond acceptors (Lipinski definition) is 2. The zero-order chi connectivity index (χ0) is 8.27. The summed E-state index contributed by atoms with van der Waals surface area (Å²) in [6, 6.07) is 3.15. The summed E-state index contributed by atoms with van der Waals surface area (Å²) in [7, 11) is 0. The van der Waals surface area contributed by atoms with Gasteiger partial charge in [0.15, 0.2) is 5.78 Å². The van der Waals surface area contributed by atoms with Gasteiger partial charge in [-0.25, -0.2) is 0 Å². The largest absolute Gasteiger partial charge is 0.359 e. The number of aromatic amines is 1. The van der Waals surface area contributed by atoms with Crippen LogP contribution in [0.3, 0.4) is 0 Å². The van der Waals surface area contributed by atoms with Crippen molar-refractivity contribution in [2.75, 3.05) is 0 Å². The molecule has 1 rings (SSSR count). The van der Waals surface area contributed by atoms with Crippen LogP contribution in [0.5, 0.6) is 0 Å². The first-order valence-electron chi connectivity index (χ1n) is 3.69. The molecule has 0 aliphatic carbocycles. The molecule has 0 aromatic carbocycles. The number of rotatable bonds is 3. The highest BCUT2D eigenvalue weighted by atomic mass is 16.1. The monoisotopic (exact) mass is 152 g/mol. The van der Waals surface area contributed by atoms with Crippen molar-refractivity contribution in [2.24, 2.45) is 5.73 Å². The number of aromatic nitrogens is 1. The van der Waals surface area contributed by atoms with E-state index in [2.05, 4.69) is 4.98 Å². The molecule has 1 unspecified atom stereocenters.